The highest BCUT2D eigenvalue weighted by Crippen LogP contribution is 2.29. The maximum absolute atomic E-state index is 12.3. The smallest absolute Gasteiger partial charge is 0.244 e. The van der Waals surface area contributed by atoms with Gasteiger partial charge in [-0.1, -0.05) is 36.5 Å². The summed E-state index contributed by atoms with van der Waals surface area (Å²) >= 11 is 1.40. The number of aryl methyl sites for hydroxylation is 1. The molecule has 0 saturated carbocycles. The summed E-state index contributed by atoms with van der Waals surface area (Å²) in [5.41, 5.74) is 6.79. The molecule has 2 unspecified atom stereocenters. The molecule has 3 rings (SSSR count). The highest BCUT2D eigenvalue weighted by atomic mass is 32.1. The van der Waals surface area contributed by atoms with Crippen LogP contribution < -0.4 is 16.2 Å². The second-order valence-corrected chi connectivity index (χ2v) is 6.49. The Morgan fingerprint density at radius 2 is 2.22 bits per heavy atom. The first kappa shape index (κ1) is 15.9. The van der Waals surface area contributed by atoms with Crippen LogP contribution in [0.3, 0.4) is 0 Å². The zero-order chi connectivity index (χ0) is 16.2. The summed E-state index contributed by atoms with van der Waals surface area (Å²) in [6.45, 7) is 2.08. The first-order chi connectivity index (χ1) is 11.2. The Morgan fingerprint density at radius 1 is 1.39 bits per heavy atom. The second kappa shape index (κ2) is 7.03. The zero-order valence-electron chi connectivity index (χ0n) is 12.7. The van der Waals surface area contributed by atoms with Crippen LogP contribution in [0.5, 0.6) is 5.75 Å². The Morgan fingerprint density at radius 3 is 3.00 bits per heavy atom. The fraction of sp³-hybridized carbons (Fsp3) is 0.400. The minimum atomic E-state index is -0.391. The third kappa shape index (κ3) is 3.66. The van der Waals surface area contributed by atoms with Gasteiger partial charge in [0.1, 0.15) is 16.8 Å². The van der Waals surface area contributed by atoms with Gasteiger partial charge in [-0.15, -0.1) is 10.2 Å². The summed E-state index contributed by atoms with van der Waals surface area (Å²) in [7, 11) is 0. The lowest BCUT2D eigenvalue weighted by Gasteiger charge is -2.11. The van der Waals surface area contributed by atoms with E-state index in [-0.39, 0.29) is 17.7 Å². The maximum atomic E-state index is 12.3. The number of nitrogens with zero attached hydrogens (tertiary/aromatic N) is 2. The van der Waals surface area contributed by atoms with Crippen molar-refractivity contribution in [3.8, 4) is 5.75 Å². The molecule has 8 heteroatoms. The number of nitrogens with one attached hydrogen (secondary N) is 3. The Labute approximate surface area is 138 Å². The van der Waals surface area contributed by atoms with E-state index in [0.717, 1.165) is 23.4 Å². The van der Waals surface area contributed by atoms with Gasteiger partial charge in [0.05, 0.1) is 6.04 Å². The van der Waals surface area contributed by atoms with E-state index in [1.54, 1.807) is 12.1 Å². The predicted molar refractivity (Wildman–Crippen MR) is 88.1 cm³/mol. The minimum absolute atomic E-state index is 0.114. The third-order valence-electron chi connectivity index (χ3n) is 3.69. The Bertz CT molecular complexity index is 690. The number of carbonyl (C=O) groups excluding carboxylic acids is 1. The molecule has 1 aliphatic heterocycles. The number of para-hydroxylation sites is 1. The standard InChI is InChI=1S/C15H19N5O2S/c1-2-5-13-19-20-15(23-13)16-14(22)11-8-10(17-18-11)9-6-3-4-7-12(9)21/h3-4,6-7,10-11,17-18,21H,2,5,8H2,1H3,(H,16,20,22). The molecule has 0 aliphatic carbocycles. The molecule has 1 fully saturated rings. The number of aromatic hydroxyl groups is 1. The molecule has 0 spiro atoms. The van der Waals surface area contributed by atoms with Crippen LogP contribution in [0.15, 0.2) is 24.3 Å². The molecule has 1 aromatic heterocycles. The van der Waals surface area contributed by atoms with E-state index in [0.29, 0.717) is 11.6 Å². The first-order valence-corrected chi connectivity index (χ1v) is 8.41. The predicted octanol–water partition coefficient (Wildman–Crippen LogP) is 1.74. The van der Waals surface area contributed by atoms with Gasteiger partial charge >= 0.3 is 0 Å². The van der Waals surface area contributed by atoms with E-state index < -0.39 is 6.04 Å². The summed E-state index contributed by atoms with van der Waals surface area (Å²) in [5.74, 6) is 0.0656. The zero-order valence-corrected chi connectivity index (χ0v) is 13.6. The number of hydrazine groups is 1. The first-order valence-electron chi connectivity index (χ1n) is 7.59. The third-order valence-corrected chi connectivity index (χ3v) is 4.59. The summed E-state index contributed by atoms with van der Waals surface area (Å²) in [5, 5.41) is 22.2. The molecule has 23 heavy (non-hydrogen) atoms. The van der Waals surface area contributed by atoms with Crippen molar-refractivity contribution < 1.29 is 9.90 Å². The average Bonchev–Trinajstić information content (AvgIpc) is 3.18. The normalized spacial score (nSPS) is 20.6. The molecule has 1 aromatic carbocycles. The maximum Gasteiger partial charge on any atom is 0.244 e. The fourth-order valence-electron chi connectivity index (χ4n) is 2.53. The van der Waals surface area contributed by atoms with Crippen LogP contribution >= 0.6 is 11.3 Å². The number of phenols is 1. The van der Waals surface area contributed by atoms with E-state index >= 15 is 0 Å². The lowest BCUT2D eigenvalue weighted by Crippen LogP contribution is -2.39. The number of amides is 1. The number of benzene rings is 1. The average molecular weight is 333 g/mol. The monoisotopic (exact) mass is 333 g/mol. The molecular formula is C15H19N5O2S. The number of anilines is 1. The molecule has 7 nitrogen and oxygen atoms in total. The molecule has 2 heterocycles. The van der Waals surface area contributed by atoms with Gasteiger partial charge in [-0.2, -0.15) is 0 Å². The number of rotatable bonds is 5. The van der Waals surface area contributed by atoms with Gasteiger partial charge in [0.2, 0.25) is 11.0 Å². The molecule has 0 radical (unpaired) electrons. The highest BCUT2D eigenvalue weighted by molar-refractivity contribution is 7.15. The fourth-order valence-corrected chi connectivity index (χ4v) is 3.37. The van der Waals surface area contributed by atoms with Crippen LogP contribution in [0.4, 0.5) is 5.13 Å². The van der Waals surface area contributed by atoms with E-state index in [1.165, 1.54) is 11.3 Å². The molecule has 0 bridgehead atoms. The number of aromatic nitrogens is 2. The number of phenolic OH excluding ortho intramolecular Hbond substituents is 1. The Balaban J connectivity index is 1.60. The van der Waals surface area contributed by atoms with Crippen molar-refractivity contribution in [2.24, 2.45) is 0 Å². The highest BCUT2D eigenvalue weighted by Gasteiger charge is 2.31. The van der Waals surface area contributed by atoms with Gasteiger partial charge in [0.15, 0.2) is 0 Å². The van der Waals surface area contributed by atoms with Crippen LogP contribution in [-0.2, 0) is 11.2 Å². The quantitative estimate of drug-likeness (QED) is 0.665. The Hall–Kier alpha value is -2.03. The largest absolute Gasteiger partial charge is 0.508 e. The second-order valence-electron chi connectivity index (χ2n) is 5.43. The van der Waals surface area contributed by atoms with E-state index in [4.69, 9.17) is 0 Å². The van der Waals surface area contributed by atoms with Crippen molar-refractivity contribution in [2.45, 2.75) is 38.3 Å². The summed E-state index contributed by atoms with van der Waals surface area (Å²) in [4.78, 5) is 12.3. The van der Waals surface area contributed by atoms with Gasteiger partial charge in [-0.05, 0) is 18.9 Å². The molecule has 2 atom stereocenters. The number of hydrogen-bond donors (Lipinski definition) is 4. The van der Waals surface area contributed by atoms with Crippen LogP contribution in [0.25, 0.3) is 0 Å². The van der Waals surface area contributed by atoms with Crippen molar-refractivity contribution in [1.82, 2.24) is 21.0 Å². The van der Waals surface area contributed by atoms with Crippen LogP contribution in [0.2, 0.25) is 0 Å². The van der Waals surface area contributed by atoms with Gasteiger partial charge in [-0.3, -0.25) is 10.1 Å². The van der Waals surface area contributed by atoms with Crippen molar-refractivity contribution >= 4 is 22.4 Å². The minimum Gasteiger partial charge on any atom is -0.508 e. The Kier molecular flexibility index (Phi) is 4.85. The molecule has 4 N–H and O–H groups in total. The molecule has 2 aromatic rings. The van der Waals surface area contributed by atoms with Gasteiger partial charge in [0.25, 0.3) is 0 Å². The van der Waals surface area contributed by atoms with Crippen molar-refractivity contribution in [3.05, 3.63) is 34.8 Å². The SMILES string of the molecule is CCCc1nnc(NC(=O)C2CC(c3ccccc3O)NN2)s1. The lowest BCUT2D eigenvalue weighted by atomic mass is 10.0. The molecular weight excluding hydrogens is 314 g/mol. The van der Waals surface area contributed by atoms with Gasteiger partial charge < -0.3 is 5.11 Å². The number of carbonyl (C=O) groups is 1. The van der Waals surface area contributed by atoms with Crippen molar-refractivity contribution in [3.63, 3.8) is 0 Å². The molecule has 1 amide bonds. The van der Waals surface area contributed by atoms with E-state index in [1.807, 2.05) is 12.1 Å². The summed E-state index contributed by atoms with van der Waals surface area (Å²) in [6, 6.07) is 6.61. The summed E-state index contributed by atoms with van der Waals surface area (Å²) in [6.07, 6.45) is 2.41. The lowest BCUT2D eigenvalue weighted by molar-refractivity contribution is -0.117. The van der Waals surface area contributed by atoms with Crippen LogP contribution in [0.1, 0.15) is 36.4 Å². The molecule has 1 aliphatic rings. The van der Waals surface area contributed by atoms with Gasteiger partial charge in [-0.25, -0.2) is 10.9 Å². The summed E-state index contributed by atoms with van der Waals surface area (Å²) < 4.78 is 0. The van der Waals surface area contributed by atoms with Crippen molar-refractivity contribution in [2.75, 3.05) is 5.32 Å². The van der Waals surface area contributed by atoms with Crippen LogP contribution in [0, 0.1) is 0 Å². The van der Waals surface area contributed by atoms with Crippen molar-refractivity contribution in [1.29, 1.82) is 0 Å². The van der Waals surface area contributed by atoms with E-state index in [2.05, 4.69) is 33.3 Å². The molecule has 122 valence electrons. The van der Waals surface area contributed by atoms with E-state index in [9.17, 15) is 9.90 Å². The van der Waals surface area contributed by atoms with Crippen LogP contribution in [-0.4, -0.2) is 27.3 Å². The molecule has 1 saturated heterocycles. The van der Waals surface area contributed by atoms with Gasteiger partial charge in [0, 0.05) is 12.0 Å². The number of hydrogen-bond acceptors (Lipinski definition) is 7. The topological polar surface area (TPSA) is 99.2 Å².